The van der Waals surface area contributed by atoms with Gasteiger partial charge in [0.2, 0.25) is 0 Å². The summed E-state index contributed by atoms with van der Waals surface area (Å²) < 4.78 is 12.0. The Morgan fingerprint density at radius 1 is 1.23 bits per heavy atom. The van der Waals surface area contributed by atoms with Crippen molar-refractivity contribution in [2.24, 2.45) is 10.9 Å². The Morgan fingerprint density at radius 3 is 2.64 bits per heavy atom. The van der Waals surface area contributed by atoms with E-state index >= 15 is 0 Å². The Kier molecular flexibility index (Phi) is 9.28. The zero-order valence-electron chi connectivity index (χ0n) is 14.1. The summed E-state index contributed by atoms with van der Waals surface area (Å²) in [6.07, 6.45) is 8.34. The summed E-state index contributed by atoms with van der Waals surface area (Å²) in [5.41, 5.74) is 0. The molecule has 0 bridgehead atoms. The maximum atomic E-state index is 12.0. The van der Waals surface area contributed by atoms with E-state index in [-0.39, 0.29) is 24.0 Å². The second kappa shape index (κ2) is 10.1. The fourth-order valence-corrected chi connectivity index (χ4v) is 4.75. The molecule has 5 atom stereocenters. The van der Waals surface area contributed by atoms with E-state index in [1.165, 1.54) is 32.1 Å². The van der Waals surface area contributed by atoms with Crippen LogP contribution >= 0.6 is 24.0 Å². The topological polar surface area (TPSA) is 53.5 Å². The van der Waals surface area contributed by atoms with Crippen LogP contribution in [0.1, 0.15) is 58.8 Å². The van der Waals surface area contributed by atoms with Gasteiger partial charge < -0.3 is 10.6 Å². The molecule has 0 aromatic rings. The van der Waals surface area contributed by atoms with Gasteiger partial charge in [0.1, 0.15) is 0 Å². The largest absolute Gasteiger partial charge is 0.354 e. The van der Waals surface area contributed by atoms with Crippen molar-refractivity contribution >= 4 is 40.7 Å². The smallest absolute Gasteiger partial charge is 0.191 e. The number of aliphatic imine (C=N–C) groups is 1. The van der Waals surface area contributed by atoms with Crippen molar-refractivity contribution in [3.8, 4) is 0 Å². The zero-order chi connectivity index (χ0) is 15.2. The SMILES string of the molecule is CCCC1CC1NC(=NC)NC1CCCC(S(=O)CC)C1.I. The monoisotopic (exact) mass is 441 g/mol. The van der Waals surface area contributed by atoms with Crippen LogP contribution in [0, 0.1) is 5.92 Å². The molecule has 0 saturated heterocycles. The number of guanidine groups is 1. The highest BCUT2D eigenvalue weighted by Gasteiger charge is 2.37. The van der Waals surface area contributed by atoms with Crippen LogP contribution in [-0.2, 0) is 10.8 Å². The molecular weight excluding hydrogens is 409 g/mol. The summed E-state index contributed by atoms with van der Waals surface area (Å²) in [6.45, 7) is 4.27. The van der Waals surface area contributed by atoms with Crippen molar-refractivity contribution in [3.63, 3.8) is 0 Å². The maximum absolute atomic E-state index is 12.0. The zero-order valence-corrected chi connectivity index (χ0v) is 17.3. The van der Waals surface area contributed by atoms with Gasteiger partial charge in [0, 0.05) is 40.9 Å². The van der Waals surface area contributed by atoms with Gasteiger partial charge in [0.05, 0.1) is 0 Å². The van der Waals surface area contributed by atoms with Gasteiger partial charge in [0.15, 0.2) is 5.96 Å². The molecule has 5 unspecified atom stereocenters. The molecule has 0 aromatic heterocycles. The van der Waals surface area contributed by atoms with Gasteiger partial charge in [-0.25, -0.2) is 0 Å². The van der Waals surface area contributed by atoms with Crippen molar-refractivity contribution in [2.75, 3.05) is 12.8 Å². The number of nitrogens with zero attached hydrogens (tertiary/aromatic N) is 1. The van der Waals surface area contributed by atoms with E-state index in [0.717, 1.165) is 30.5 Å². The molecule has 6 heteroatoms. The molecule has 2 saturated carbocycles. The first-order valence-electron chi connectivity index (χ1n) is 8.54. The molecule has 2 fully saturated rings. The van der Waals surface area contributed by atoms with Crippen LogP contribution in [-0.4, -0.2) is 40.3 Å². The van der Waals surface area contributed by atoms with Crippen molar-refractivity contribution in [1.82, 2.24) is 10.6 Å². The number of rotatable bonds is 6. The van der Waals surface area contributed by atoms with Crippen LogP contribution in [0.5, 0.6) is 0 Å². The predicted molar refractivity (Wildman–Crippen MR) is 107 cm³/mol. The third kappa shape index (κ3) is 5.98. The molecule has 0 aromatic carbocycles. The Bertz CT molecular complexity index is 392. The van der Waals surface area contributed by atoms with E-state index in [0.29, 0.717) is 17.3 Å². The molecule has 2 aliphatic carbocycles. The van der Waals surface area contributed by atoms with Crippen molar-refractivity contribution in [2.45, 2.75) is 76.1 Å². The Balaban J connectivity index is 0.00000242. The fraction of sp³-hybridized carbons (Fsp3) is 0.938. The summed E-state index contributed by atoms with van der Waals surface area (Å²) >= 11 is 0. The van der Waals surface area contributed by atoms with Crippen LogP contribution in [0.3, 0.4) is 0 Å². The molecule has 0 amide bonds. The van der Waals surface area contributed by atoms with E-state index in [4.69, 9.17) is 0 Å². The highest BCUT2D eigenvalue weighted by molar-refractivity contribution is 14.0. The molecule has 0 heterocycles. The first-order chi connectivity index (χ1) is 10.2. The highest BCUT2D eigenvalue weighted by Crippen LogP contribution is 2.34. The predicted octanol–water partition coefficient (Wildman–Crippen LogP) is 3.04. The lowest BCUT2D eigenvalue weighted by atomic mass is 9.95. The fourth-order valence-electron chi connectivity index (χ4n) is 3.40. The summed E-state index contributed by atoms with van der Waals surface area (Å²) in [5, 5.41) is 7.47. The molecular formula is C16H32IN3OS. The van der Waals surface area contributed by atoms with Crippen LogP contribution in [0.2, 0.25) is 0 Å². The first kappa shape index (κ1) is 20.2. The molecule has 0 radical (unpaired) electrons. The minimum absolute atomic E-state index is 0. The van der Waals surface area contributed by atoms with Crippen LogP contribution < -0.4 is 10.6 Å². The molecule has 130 valence electrons. The average Bonchev–Trinajstić information content (AvgIpc) is 3.24. The molecule has 2 rings (SSSR count). The van der Waals surface area contributed by atoms with Crippen LogP contribution in [0.4, 0.5) is 0 Å². The maximum Gasteiger partial charge on any atom is 0.191 e. The van der Waals surface area contributed by atoms with Gasteiger partial charge in [-0.1, -0.05) is 26.7 Å². The average molecular weight is 441 g/mol. The highest BCUT2D eigenvalue weighted by atomic mass is 127. The second-order valence-electron chi connectivity index (χ2n) is 6.41. The third-order valence-electron chi connectivity index (χ3n) is 4.75. The summed E-state index contributed by atoms with van der Waals surface area (Å²) in [6, 6.07) is 1.04. The van der Waals surface area contributed by atoms with E-state index in [2.05, 4.69) is 22.5 Å². The lowest BCUT2D eigenvalue weighted by Gasteiger charge is -2.30. The van der Waals surface area contributed by atoms with Gasteiger partial charge in [-0.15, -0.1) is 24.0 Å². The minimum atomic E-state index is -0.658. The van der Waals surface area contributed by atoms with Gasteiger partial charge >= 0.3 is 0 Å². The minimum Gasteiger partial charge on any atom is -0.354 e. The van der Waals surface area contributed by atoms with E-state index in [1.807, 2.05) is 14.0 Å². The first-order valence-corrected chi connectivity index (χ1v) is 9.93. The quantitative estimate of drug-likeness (QED) is 0.379. The van der Waals surface area contributed by atoms with Crippen molar-refractivity contribution in [3.05, 3.63) is 0 Å². The second-order valence-corrected chi connectivity index (χ2v) is 8.41. The number of nitrogens with one attached hydrogen (secondary N) is 2. The van der Waals surface area contributed by atoms with Crippen LogP contribution in [0.15, 0.2) is 4.99 Å². The normalized spacial score (nSPS) is 32.8. The molecule has 4 nitrogen and oxygen atoms in total. The molecule has 0 spiro atoms. The van der Waals surface area contributed by atoms with E-state index in [9.17, 15) is 4.21 Å². The Labute approximate surface area is 155 Å². The van der Waals surface area contributed by atoms with Gasteiger partial charge in [-0.05, 0) is 38.0 Å². The molecule has 0 aliphatic heterocycles. The Hall–Kier alpha value is 0.150. The standard InChI is InChI=1S/C16H31N3OS.HI/c1-4-7-12-10-15(12)19-16(17-3)18-13-8-6-9-14(11-13)21(20)5-2;/h12-15H,4-11H2,1-3H3,(H2,17,18,19);1H. The number of hydrogen-bond donors (Lipinski definition) is 2. The van der Waals surface area contributed by atoms with E-state index < -0.39 is 10.8 Å². The third-order valence-corrected chi connectivity index (χ3v) is 6.49. The number of halogens is 1. The van der Waals surface area contributed by atoms with Crippen LogP contribution in [0.25, 0.3) is 0 Å². The van der Waals surface area contributed by atoms with Gasteiger partial charge in [-0.2, -0.15) is 0 Å². The summed E-state index contributed by atoms with van der Waals surface area (Å²) in [4.78, 5) is 4.37. The summed E-state index contributed by atoms with van der Waals surface area (Å²) in [5.74, 6) is 2.55. The molecule has 2 N–H and O–H groups in total. The lowest BCUT2D eigenvalue weighted by Crippen LogP contribution is -2.47. The van der Waals surface area contributed by atoms with Gasteiger partial charge in [-0.3, -0.25) is 9.20 Å². The summed E-state index contributed by atoms with van der Waals surface area (Å²) in [7, 11) is 1.19. The van der Waals surface area contributed by atoms with E-state index in [1.54, 1.807) is 0 Å². The van der Waals surface area contributed by atoms with Crippen molar-refractivity contribution < 1.29 is 4.21 Å². The van der Waals surface area contributed by atoms with Crippen molar-refractivity contribution in [1.29, 1.82) is 0 Å². The van der Waals surface area contributed by atoms with Gasteiger partial charge in [0.25, 0.3) is 0 Å². The number of hydrogen-bond acceptors (Lipinski definition) is 2. The lowest BCUT2D eigenvalue weighted by molar-refractivity contribution is 0.413. The molecule has 22 heavy (non-hydrogen) atoms. The molecule has 2 aliphatic rings. The Morgan fingerprint density at radius 2 is 2.00 bits per heavy atom.